The van der Waals surface area contributed by atoms with Crippen molar-refractivity contribution in [2.24, 2.45) is 0 Å². The predicted octanol–water partition coefficient (Wildman–Crippen LogP) is 12.0. The van der Waals surface area contributed by atoms with Crippen molar-refractivity contribution in [3.8, 4) is 22.3 Å². The molecule has 0 atom stereocenters. The smallest absolute Gasteiger partial charge is 0.0615 e. The van der Waals surface area contributed by atoms with E-state index in [1.807, 2.05) is 19.1 Å². The molecule has 0 saturated heterocycles. The van der Waals surface area contributed by atoms with E-state index in [4.69, 9.17) is 5.41 Å². The minimum Gasteiger partial charge on any atom is -0.300 e. The number of allylic oxidation sites excluding steroid dienone is 3. The van der Waals surface area contributed by atoms with Crippen LogP contribution < -0.4 is 0 Å². The zero-order valence-electron chi connectivity index (χ0n) is 24.9. The molecule has 1 aliphatic rings. The van der Waals surface area contributed by atoms with Crippen molar-refractivity contribution in [1.82, 2.24) is 0 Å². The third kappa shape index (κ3) is 4.89. The first-order valence-electron chi connectivity index (χ1n) is 15.6. The van der Waals surface area contributed by atoms with Crippen LogP contribution >= 0.6 is 0 Å². The predicted molar refractivity (Wildman–Crippen MR) is 186 cm³/mol. The Morgan fingerprint density at radius 2 is 1.23 bits per heavy atom. The summed E-state index contributed by atoms with van der Waals surface area (Å²) in [6.07, 6.45) is 10.3. The summed E-state index contributed by atoms with van der Waals surface area (Å²) in [7, 11) is 0. The molecule has 6 aromatic carbocycles. The molecule has 1 fully saturated rings. The van der Waals surface area contributed by atoms with Crippen LogP contribution in [0.15, 0.2) is 133 Å². The average Bonchev–Trinajstić information content (AvgIpc) is 3.07. The molecule has 0 spiro atoms. The van der Waals surface area contributed by atoms with E-state index in [9.17, 15) is 0 Å². The fraction of sp³-hybridized carbons (Fsp3) is 0.167. The first kappa shape index (κ1) is 27.1. The highest BCUT2D eigenvalue weighted by molar-refractivity contribution is 6.24. The van der Waals surface area contributed by atoms with Gasteiger partial charge in [-0.25, -0.2) is 0 Å². The van der Waals surface area contributed by atoms with Crippen LogP contribution in [0.5, 0.6) is 0 Å². The van der Waals surface area contributed by atoms with E-state index in [2.05, 4.69) is 110 Å². The van der Waals surface area contributed by atoms with Gasteiger partial charge in [-0.2, -0.15) is 0 Å². The molecule has 1 saturated carbocycles. The first-order chi connectivity index (χ1) is 21.1. The summed E-state index contributed by atoms with van der Waals surface area (Å²) in [5.41, 5.74) is 8.85. The fourth-order valence-corrected chi connectivity index (χ4v) is 7.25. The van der Waals surface area contributed by atoms with Crippen molar-refractivity contribution >= 4 is 38.0 Å². The van der Waals surface area contributed by atoms with Gasteiger partial charge in [0.1, 0.15) is 0 Å². The van der Waals surface area contributed by atoms with Gasteiger partial charge in [0.05, 0.1) is 5.71 Å². The van der Waals surface area contributed by atoms with Crippen LogP contribution in [-0.2, 0) is 0 Å². The van der Waals surface area contributed by atoms with Gasteiger partial charge in [-0.15, -0.1) is 0 Å². The molecule has 0 radical (unpaired) electrons. The van der Waals surface area contributed by atoms with Crippen molar-refractivity contribution in [1.29, 1.82) is 5.41 Å². The van der Waals surface area contributed by atoms with E-state index in [1.165, 1.54) is 86.7 Å². The maximum Gasteiger partial charge on any atom is 0.0615 e. The molecule has 1 N–H and O–H groups in total. The van der Waals surface area contributed by atoms with E-state index in [0.29, 0.717) is 11.6 Å². The first-order valence-corrected chi connectivity index (χ1v) is 15.6. The second kappa shape index (κ2) is 11.5. The van der Waals surface area contributed by atoms with Crippen LogP contribution in [0.1, 0.15) is 56.1 Å². The highest BCUT2D eigenvalue weighted by atomic mass is 14.4. The van der Waals surface area contributed by atoms with Gasteiger partial charge in [0.2, 0.25) is 0 Å². The summed E-state index contributed by atoms with van der Waals surface area (Å²) < 4.78 is 0. The second-order valence-corrected chi connectivity index (χ2v) is 12.0. The lowest BCUT2D eigenvalue weighted by molar-refractivity contribution is 0.445. The number of hydrogen-bond donors (Lipinski definition) is 1. The number of rotatable bonds is 6. The standard InChI is InChI=1S/C42H37N/c1-3-28(2)26-40(43)30-16-13-17-31(27-30)41-35-20-9-11-22-37(35)42(38-23-12-10-21-36(38)41)39-25-24-32(29-14-5-4-6-15-29)33-18-7-8-19-34(33)39/h3,7-13,16-27,29,43H,1,4-6,14-15H2,2H3/b28-26-,43-40?. The molecule has 0 amide bonds. The van der Waals surface area contributed by atoms with Gasteiger partial charge in [0.25, 0.3) is 0 Å². The molecule has 43 heavy (non-hydrogen) atoms. The molecule has 1 nitrogen and oxygen atoms in total. The van der Waals surface area contributed by atoms with E-state index in [0.717, 1.165) is 16.7 Å². The van der Waals surface area contributed by atoms with Gasteiger partial charge in [-0.05, 0) is 104 Å². The molecular formula is C42H37N. The molecule has 1 heteroatoms. The summed E-state index contributed by atoms with van der Waals surface area (Å²) in [4.78, 5) is 0. The van der Waals surface area contributed by atoms with Crippen LogP contribution in [0.2, 0.25) is 0 Å². The minimum absolute atomic E-state index is 0.494. The highest BCUT2D eigenvalue weighted by Gasteiger charge is 2.22. The van der Waals surface area contributed by atoms with Crippen LogP contribution in [0.25, 0.3) is 54.6 Å². The molecule has 210 valence electrons. The quantitative estimate of drug-likeness (QED) is 0.120. The molecule has 0 unspecified atom stereocenters. The van der Waals surface area contributed by atoms with Crippen molar-refractivity contribution in [2.45, 2.75) is 44.9 Å². The Morgan fingerprint density at radius 1 is 0.651 bits per heavy atom. The van der Waals surface area contributed by atoms with Crippen LogP contribution in [0, 0.1) is 5.41 Å². The summed E-state index contributed by atoms with van der Waals surface area (Å²) in [6, 6.07) is 40.1. The van der Waals surface area contributed by atoms with Crippen molar-refractivity contribution in [3.05, 3.63) is 145 Å². The third-order valence-electron chi connectivity index (χ3n) is 9.36. The Morgan fingerprint density at radius 3 is 1.86 bits per heavy atom. The maximum absolute atomic E-state index is 8.74. The fourth-order valence-electron chi connectivity index (χ4n) is 7.25. The Balaban J connectivity index is 1.50. The van der Waals surface area contributed by atoms with Crippen LogP contribution in [0.4, 0.5) is 0 Å². The molecule has 7 rings (SSSR count). The zero-order valence-corrected chi connectivity index (χ0v) is 24.9. The van der Waals surface area contributed by atoms with Crippen molar-refractivity contribution in [3.63, 3.8) is 0 Å². The highest BCUT2D eigenvalue weighted by Crippen LogP contribution is 2.47. The zero-order chi connectivity index (χ0) is 29.3. The molecule has 1 aliphatic carbocycles. The molecule has 6 aromatic rings. The monoisotopic (exact) mass is 555 g/mol. The average molecular weight is 556 g/mol. The van der Waals surface area contributed by atoms with Gasteiger partial charge >= 0.3 is 0 Å². The lowest BCUT2D eigenvalue weighted by atomic mass is 9.79. The largest absolute Gasteiger partial charge is 0.300 e. The molecule has 0 aliphatic heterocycles. The lowest BCUT2D eigenvalue weighted by Gasteiger charge is -2.25. The Labute approximate surface area is 254 Å². The van der Waals surface area contributed by atoms with Gasteiger partial charge in [0, 0.05) is 5.56 Å². The Kier molecular flexibility index (Phi) is 7.25. The van der Waals surface area contributed by atoms with Gasteiger partial charge in [0.15, 0.2) is 0 Å². The topological polar surface area (TPSA) is 23.9 Å². The third-order valence-corrected chi connectivity index (χ3v) is 9.36. The van der Waals surface area contributed by atoms with E-state index in [-0.39, 0.29) is 0 Å². The summed E-state index contributed by atoms with van der Waals surface area (Å²) in [6.45, 7) is 5.84. The maximum atomic E-state index is 8.74. The van der Waals surface area contributed by atoms with E-state index in [1.54, 1.807) is 6.08 Å². The van der Waals surface area contributed by atoms with Gasteiger partial charge < -0.3 is 5.41 Å². The molecular weight excluding hydrogens is 518 g/mol. The van der Waals surface area contributed by atoms with E-state index < -0.39 is 0 Å². The summed E-state index contributed by atoms with van der Waals surface area (Å²) in [5, 5.41) is 16.5. The summed E-state index contributed by atoms with van der Waals surface area (Å²) >= 11 is 0. The van der Waals surface area contributed by atoms with Gasteiger partial charge in [-0.3, -0.25) is 0 Å². The molecule has 0 heterocycles. The Bertz CT molecular complexity index is 1990. The van der Waals surface area contributed by atoms with Crippen LogP contribution in [0.3, 0.4) is 0 Å². The van der Waals surface area contributed by atoms with Crippen molar-refractivity contribution < 1.29 is 0 Å². The molecule has 0 aromatic heterocycles. The number of benzene rings is 6. The SMILES string of the molecule is C=C/C(C)=C\C(=N)c1cccc(-c2c3ccccc3c(-c3ccc(C4CCCCC4)c4ccccc34)c3ccccc23)c1. The summed E-state index contributed by atoms with van der Waals surface area (Å²) in [5.74, 6) is 0.652. The second-order valence-electron chi connectivity index (χ2n) is 12.0. The molecule has 0 bridgehead atoms. The van der Waals surface area contributed by atoms with Crippen LogP contribution in [-0.4, -0.2) is 5.71 Å². The number of hydrogen-bond acceptors (Lipinski definition) is 1. The lowest BCUT2D eigenvalue weighted by Crippen LogP contribution is -2.05. The minimum atomic E-state index is 0.494. The van der Waals surface area contributed by atoms with Crippen molar-refractivity contribution in [2.75, 3.05) is 0 Å². The van der Waals surface area contributed by atoms with Gasteiger partial charge in [-0.1, -0.05) is 135 Å². The normalized spacial score (nSPS) is 14.4. The van der Waals surface area contributed by atoms with E-state index >= 15 is 0 Å². The number of fused-ring (bicyclic) bond motifs is 3. The number of nitrogens with one attached hydrogen (secondary N) is 1. The Hall–Kier alpha value is -4.75.